The van der Waals surface area contributed by atoms with Crippen molar-refractivity contribution >= 4 is 27.3 Å². The number of thiophene rings is 1. The topological polar surface area (TPSA) is 42.7 Å². The summed E-state index contributed by atoms with van der Waals surface area (Å²) in [5.41, 5.74) is 0. The van der Waals surface area contributed by atoms with E-state index in [9.17, 15) is 0 Å². The van der Waals surface area contributed by atoms with Crippen molar-refractivity contribution in [1.29, 1.82) is 0 Å². The van der Waals surface area contributed by atoms with Crippen molar-refractivity contribution in [2.75, 3.05) is 6.54 Å². The fraction of sp³-hybridized carbons (Fsp3) is 0.400. The van der Waals surface area contributed by atoms with Crippen LogP contribution >= 0.6 is 27.3 Å². The highest BCUT2D eigenvalue weighted by Crippen LogP contribution is 2.22. The maximum atomic E-state index is 4.39. The molecule has 1 N–H and O–H groups in total. The molecular weight excluding hydrogens is 288 g/mol. The van der Waals surface area contributed by atoms with E-state index in [4.69, 9.17) is 0 Å². The molecule has 86 valence electrons. The van der Waals surface area contributed by atoms with Crippen LogP contribution in [0, 0.1) is 0 Å². The molecule has 16 heavy (non-hydrogen) atoms. The molecule has 0 aliphatic carbocycles. The van der Waals surface area contributed by atoms with Gasteiger partial charge in [-0.2, -0.15) is 5.10 Å². The molecule has 0 aliphatic rings. The number of aromatic nitrogens is 3. The standard InChI is InChI=1S/C10H13BrN4S/c1-2-12-5-10-13-7-15(14-10)6-8-3-4-9(11)16-8/h3-4,7,12H,2,5-6H2,1H3. The van der Waals surface area contributed by atoms with Gasteiger partial charge >= 0.3 is 0 Å². The third-order valence-electron chi connectivity index (χ3n) is 2.06. The number of halogens is 1. The van der Waals surface area contributed by atoms with Crippen LogP contribution in [0.5, 0.6) is 0 Å². The Hall–Kier alpha value is -0.720. The summed E-state index contributed by atoms with van der Waals surface area (Å²) < 4.78 is 3.01. The summed E-state index contributed by atoms with van der Waals surface area (Å²) in [5.74, 6) is 0.845. The van der Waals surface area contributed by atoms with Crippen LogP contribution in [-0.2, 0) is 13.1 Å². The minimum absolute atomic E-state index is 0.734. The molecule has 0 amide bonds. The predicted octanol–water partition coefficient (Wildman–Crippen LogP) is 2.26. The van der Waals surface area contributed by atoms with Crippen molar-refractivity contribution in [2.45, 2.75) is 20.0 Å². The molecule has 2 aromatic rings. The van der Waals surface area contributed by atoms with Gasteiger partial charge in [-0.05, 0) is 34.6 Å². The highest BCUT2D eigenvalue weighted by Gasteiger charge is 2.02. The lowest BCUT2D eigenvalue weighted by Gasteiger charge is -1.97. The van der Waals surface area contributed by atoms with E-state index >= 15 is 0 Å². The van der Waals surface area contributed by atoms with Crippen molar-refractivity contribution in [3.8, 4) is 0 Å². The quantitative estimate of drug-likeness (QED) is 0.921. The fourth-order valence-electron chi connectivity index (χ4n) is 1.32. The second-order valence-electron chi connectivity index (χ2n) is 3.34. The first-order chi connectivity index (χ1) is 7.78. The molecule has 2 aromatic heterocycles. The summed E-state index contributed by atoms with van der Waals surface area (Å²) in [7, 11) is 0. The zero-order chi connectivity index (χ0) is 11.4. The van der Waals surface area contributed by atoms with E-state index in [0.29, 0.717) is 0 Å². The summed E-state index contributed by atoms with van der Waals surface area (Å²) in [4.78, 5) is 5.51. The molecule has 4 nitrogen and oxygen atoms in total. The summed E-state index contributed by atoms with van der Waals surface area (Å²) >= 11 is 5.17. The van der Waals surface area contributed by atoms with Crippen molar-refractivity contribution in [2.24, 2.45) is 0 Å². The van der Waals surface area contributed by atoms with Crippen molar-refractivity contribution < 1.29 is 0 Å². The van der Waals surface area contributed by atoms with Crippen LogP contribution < -0.4 is 5.32 Å². The number of nitrogens with one attached hydrogen (secondary N) is 1. The molecule has 0 fully saturated rings. The van der Waals surface area contributed by atoms with Crippen LogP contribution in [0.25, 0.3) is 0 Å². The summed E-state index contributed by atoms with van der Waals surface area (Å²) in [6.45, 7) is 4.53. The SMILES string of the molecule is CCNCc1ncn(Cc2ccc(Br)s2)n1. The molecule has 0 radical (unpaired) electrons. The van der Waals surface area contributed by atoms with E-state index in [1.807, 2.05) is 4.68 Å². The average molecular weight is 301 g/mol. The Labute approximate surface area is 107 Å². The minimum Gasteiger partial charge on any atom is -0.310 e. The second kappa shape index (κ2) is 5.56. The lowest BCUT2D eigenvalue weighted by molar-refractivity contribution is 0.646. The molecule has 0 aromatic carbocycles. The lowest BCUT2D eigenvalue weighted by Crippen LogP contribution is -2.13. The van der Waals surface area contributed by atoms with Gasteiger partial charge in [0.2, 0.25) is 0 Å². The molecule has 0 saturated carbocycles. The van der Waals surface area contributed by atoms with Gasteiger partial charge in [0.05, 0.1) is 16.9 Å². The Balaban J connectivity index is 1.97. The smallest absolute Gasteiger partial charge is 0.164 e. The van der Waals surface area contributed by atoms with Crippen LogP contribution in [0.2, 0.25) is 0 Å². The Kier molecular flexibility index (Phi) is 4.09. The van der Waals surface area contributed by atoms with Gasteiger partial charge < -0.3 is 5.32 Å². The number of hydrogen-bond acceptors (Lipinski definition) is 4. The Bertz CT molecular complexity index is 451. The maximum absolute atomic E-state index is 4.39. The van der Waals surface area contributed by atoms with Crippen LogP contribution in [0.4, 0.5) is 0 Å². The monoisotopic (exact) mass is 300 g/mol. The van der Waals surface area contributed by atoms with E-state index in [-0.39, 0.29) is 0 Å². The van der Waals surface area contributed by atoms with Crippen molar-refractivity contribution in [3.63, 3.8) is 0 Å². The van der Waals surface area contributed by atoms with E-state index in [0.717, 1.165) is 29.2 Å². The van der Waals surface area contributed by atoms with Gasteiger partial charge in [0.1, 0.15) is 6.33 Å². The van der Waals surface area contributed by atoms with Gasteiger partial charge in [0, 0.05) is 4.88 Å². The summed E-state index contributed by atoms with van der Waals surface area (Å²) in [6.07, 6.45) is 1.78. The van der Waals surface area contributed by atoms with Crippen LogP contribution in [0.15, 0.2) is 22.2 Å². The van der Waals surface area contributed by atoms with Crippen LogP contribution in [0.1, 0.15) is 17.6 Å². The molecule has 0 bridgehead atoms. The number of hydrogen-bond donors (Lipinski definition) is 1. The van der Waals surface area contributed by atoms with E-state index < -0.39 is 0 Å². The first-order valence-corrected chi connectivity index (χ1v) is 6.72. The summed E-state index contributed by atoms with van der Waals surface area (Å²) in [6, 6.07) is 4.15. The highest BCUT2D eigenvalue weighted by molar-refractivity contribution is 9.11. The van der Waals surface area contributed by atoms with Gasteiger partial charge in [-0.1, -0.05) is 6.92 Å². The van der Waals surface area contributed by atoms with Gasteiger partial charge in [0.15, 0.2) is 5.82 Å². The molecule has 0 atom stereocenters. The first kappa shape index (κ1) is 11.8. The normalized spacial score (nSPS) is 10.9. The van der Waals surface area contributed by atoms with Gasteiger partial charge in [-0.15, -0.1) is 11.3 Å². The summed E-state index contributed by atoms with van der Waals surface area (Å²) in [5, 5.41) is 7.59. The largest absolute Gasteiger partial charge is 0.310 e. The Morgan fingerprint density at radius 2 is 2.38 bits per heavy atom. The predicted molar refractivity (Wildman–Crippen MR) is 68.5 cm³/mol. The molecule has 0 unspecified atom stereocenters. The molecule has 0 spiro atoms. The zero-order valence-electron chi connectivity index (χ0n) is 8.98. The molecule has 0 saturated heterocycles. The van der Waals surface area contributed by atoms with Gasteiger partial charge in [0.25, 0.3) is 0 Å². The lowest BCUT2D eigenvalue weighted by atomic mass is 10.5. The van der Waals surface area contributed by atoms with Crippen molar-refractivity contribution in [3.05, 3.63) is 32.9 Å². The third kappa shape index (κ3) is 3.13. The highest BCUT2D eigenvalue weighted by atomic mass is 79.9. The van der Waals surface area contributed by atoms with E-state index in [1.54, 1.807) is 17.7 Å². The molecule has 2 heterocycles. The Morgan fingerprint density at radius 3 is 3.06 bits per heavy atom. The molecule has 2 rings (SSSR count). The minimum atomic E-state index is 0.734. The third-order valence-corrected chi connectivity index (χ3v) is 3.67. The van der Waals surface area contributed by atoms with Crippen molar-refractivity contribution in [1.82, 2.24) is 20.1 Å². The van der Waals surface area contributed by atoms with Crippen LogP contribution in [0.3, 0.4) is 0 Å². The van der Waals surface area contributed by atoms with Gasteiger partial charge in [-0.3, -0.25) is 0 Å². The average Bonchev–Trinajstić information content (AvgIpc) is 2.86. The maximum Gasteiger partial charge on any atom is 0.164 e. The number of rotatable bonds is 5. The molecule has 6 heteroatoms. The number of nitrogens with zero attached hydrogens (tertiary/aromatic N) is 3. The first-order valence-electron chi connectivity index (χ1n) is 5.11. The zero-order valence-corrected chi connectivity index (χ0v) is 11.4. The second-order valence-corrected chi connectivity index (χ2v) is 5.89. The van der Waals surface area contributed by atoms with Gasteiger partial charge in [-0.25, -0.2) is 9.67 Å². The van der Waals surface area contributed by atoms with E-state index in [2.05, 4.69) is 50.4 Å². The fourth-order valence-corrected chi connectivity index (χ4v) is 2.80. The molecular formula is C10H13BrN4S. The van der Waals surface area contributed by atoms with Crippen LogP contribution in [-0.4, -0.2) is 21.3 Å². The molecule has 0 aliphatic heterocycles. The van der Waals surface area contributed by atoms with E-state index in [1.165, 1.54) is 4.88 Å². The Morgan fingerprint density at radius 1 is 1.50 bits per heavy atom.